The van der Waals surface area contributed by atoms with Crippen molar-refractivity contribution < 1.29 is 22.3 Å². The van der Waals surface area contributed by atoms with Gasteiger partial charge in [-0.05, 0) is 29.6 Å². The molecule has 2 rings (SSSR count). The van der Waals surface area contributed by atoms with Gasteiger partial charge in [0.15, 0.2) is 0 Å². The lowest BCUT2D eigenvalue weighted by molar-refractivity contribution is 0.0600. The lowest BCUT2D eigenvalue weighted by Crippen LogP contribution is -2.13. The van der Waals surface area contributed by atoms with Crippen LogP contribution in [0.3, 0.4) is 0 Å². The van der Waals surface area contributed by atoms with Crippen molar-refractivity contribution in [3.8, 4) is 0 Å². The fraction of sp³-hybridized carbons (Fsp3) is 0.0833. The van der Waals surface area contributed by atoms with E-state index >= 15 is 0 Å². The minimum Gasteiger partial charge on any atom is -0.465 e. The summed E-state index contributed by atoms with van der Waals surface area (Å²) in [6.07, 6.45) is 0. The number of nitrogens with one attached hydrogen (secondary N) is 1. The molecule has 1 heterocycles. The first kappa shape index (κ1) is 14.5. The molecule has 0 saturated heterocycles. The van der Waals surface area contributed by atoms with Gasteiger partial charge in [-0.25, -0.2) is 17.6 Å². The zero-order valence-electron chi connectivity index (χ0n) is 10.3. The molecule has 1 N–H and O–H groups in total. The predicted molar refractivity (Wildman–Crippen MR) is 72.9 cm³/mol. The second-order valence-electron chi connectivity index (χ2n) is 3.72. The molecule has 0 spiro atoms. The molecular weight excluding hydrogens is 305 g/mol. The molecular formula is C12H10FNO4S2. The van der Waals surface area contributed by atoms with E-state index in [2.05, 4.69) is 9.46 Å². The Bertz CT molecular complexity index is 726. The van der Waals surface area contributed by atoms with Crippen LogP contribution in [0.4, 0.5) is 10.1 Å². The number of carbonyl (C=O) groups is 1. The Morgan fingerprint density at radius 3 is 2.70 bits per heavy atom. The summed E-state index contributed by atoms with van der Waals surface area (Å²) in [7, 11) is -2.68. The van der Waals surface area contributed by atoms with E-state index in [1.807, 2.05) is 0 Å². The van der Waals surface area contributed by atoms with Crippen LogP contribution in [-0.2, 0) is 14.8 Å². The zero-order valence-corrected chi connectivity index (χ0v) is 11.9. The summed E-state index contributed by atoms with van der Waals surface area (Å²) < 4.78 is 44.3. The third-order valence-electron chi connectivity index (χ3n) is 2.39. The van der Waals surface area contributed by atoms with Gasteiger partial charge in [0, 0.05) is 0 Å². The molecule has 5 nitrogen and oxygen atoms in total. The minimum atomic E-state index is -3.87. The molecule has 1 aromatic carbocycles. The molecule has 106 valence electrons. The number of sulfonamides is 1. The van der Waals surface area contributed by atoms with Gasteiger partial charge in [-0.3, -0.25) is 4.72 Å². The quantitative estimate of drug-likeness (QED) is 0.880. The summed E-state index contributed by atoms with van der Waals surface area (Å²) in [4.78, 5) is 11.4. The molecule has 0 atom stereocenters. The number of methoxy groups -OCH3 is 1. The van der Waals surface area contributed by atoms with Crippen molar-refractivity contribution >= 4 is 33.0 Å². The van der Waals surface area contributed by atoms with Crippen LogP contribution < -0.4 is 4.72 Å². The van der Waals surface area contributed by atoms with Gasteiger partial charge in [0.05, 0.1) is 18.4 Å². The Hall–Kier alpha value is -1.93. The lowest BCUT2D eigenvalue weighted by atomic mass is 10.2. The number of thiophene rings is 1. The molecule has 20 heavy (non-hydrogen) atoms. The number of carbonyl (C=O) groups excluding carboxylic acids is 1. The summed E-state index contributed by atoms with van der Waals surface area (Å²) in [5.41, 5.74) is -0.251. The van der Waals surface area contributed by atoms with E-state index in [1.165, 1.54) is 19.2 Å². The summed E-state index contributed by atoms with van der Waals surface area (Å²) in [5.74, 6) is -1.46. The third-order valence-corrected chi connectivity index (χ3v) is 5.15. The first-order valence-corrected chi connectivity index (χ1v) is 7.74. The Kier molecular flexibility index (Phi) is 4.05. The summed E-state index contributed by atoms with van der Waals surface area (Å²) in [5, 5.41) is 1.59. The fourth-order valence-corrected chi connectivity index (χ4v) is 3.51. The highest BCUT2D eigenvalue weighted by molar-refractivity contribution is 7.94. The van der Waals surface area contributed by atoms with E-state index in [9.17, 15) is 17.6 Å². The molecule has 0 unspecified atom stereocenters. The van der Waals surface area contributed by atoms with E-state index in [1.54, 1.807) is 11.4 Å². The van der Waals surface area contributed by atoms with Crippen LogP contribution in [0.15, 0.2) is 39.9 Å². The molecule has 2 aromatic rings. The van der Waals surface area contributed by atoms with E-state index in [-0.39, 0.29) is 15.5 Å². The normalized spacial score (nSPS) is 11.1. The highest BCUT2D eigenvalue weighted by Gasteiger charge is 2.18. The Labute approximate surface area is 119 Å². The van der Waals surface area contributed by atoms with Crippen molar-refractivity contribution in [2.75, 3.05) is 11.8 Å². The summed E-state index contributed by atoms with van der Waals surface area (Å²) in [6.45, 7) is 0. The monoisotopic (exact) mass is 315 g/mol. The molecule has 0 fully saturated rings. The average molecular weight is 315 g/mol. The largest absolute Gasteiger partial charge is 0.465 e. The van der Waals surface area contributed by atoms with Gasteiger partial charge in [-0.15, -0.1) is 11.3 Å². The van der Waals surface area contributed by atoms with Crippen LogP contribution in [-0.4, -0.2) is 21.5 Å². The first-order valence-electron chi connectivity index (χ1n) is 5.38. The molecule has 0 bridgehead atoms. The lowest BCUT2D eigenvalue weighted by Gasteiger charge is -2.08. The summed E-state index contributed by atoms with van der Waals surface area (Å²) >= 11 is 1.01. The molecule has 8 heteroatoms. The average Bonchev–Trinajstić information content (AvgIpc) is 2.95. The number of benzene rings is 1. The molecule has 0 aliphatic rings. The topological polar surface area (TPSA) is 72.5 Å². The van der Waals surface area contributed by atoms with Crippen molar-refractivity contribution in [1.82, 2.24) is 0 Å². The van der Waals surface area contributed by atoms with Crippen molar-refractivity contribution in [3.05, 3.63) is 47.1 Å². The van der Waals surface area contributed by atoms with Gasteiger partial charge in [-0.1, -0.05) is 6.07 Å². The van der Waals surface area contributed by atoms with Crippen LogP contribution in [0.25, 0.3) is 0 Å². The maximum atomic E-state index is 13.6. The van der Waals surface area contributed by atoms with Crippen LogP contribution >= 0.6 is 11.3 Å². The Morgan fingerprint density at radius 2 is 2.10 bits per heavy atom. The molecule has 0 aliphatic carbocycles. The Balaban J connectivity index is 2.36. The van der Waals surface area contributed by atoms with Crippen molar-refractivity contribution in [2.24, 2.45) is 0 Å². The fourth-order valence-electron chi connectivity index (χ4n) is 1.46. The third kappa shape index (κ3) is 2.97. The molecule has 0 radical (unpaired) electrons. The molecule has 0 amide bonds. The van der Waals surface area contributed by atoms with Gasteiger partial charge in [0.2, 0.25) is 0 Å². The van der Waals surface area contributed by atoms with Crippen LogP contribution in [0.5, 0.6) is 0 Å². The van der Waals surface area contributed by atoms with E-state index in [0.717, 1.165) is 23.5 Å². The van der Waals surface area contributed by atoms with Gasteiger partial charge in [0.1, 0.15) is 10.0 Å². The summed E-state index contributed by atoms with van der Waals surface area (Å²) in [6, 6.07) is 6.27. The number of ether oxygens (including phenoxy) is 1. The van der Waals surface area contributed by atoms with Gasteiger partial charge >= 0.3 is 5.97 Å². The second kappa shape index (κ2) is 5.59. The second-order valence-corrected chi connectivity index (χ2v) is 6.58. The number of rotatable bonds is 4. The predicted octanol–water partition coefficient (Wildman–Crippen LogP) is 2.47. The van der Waals surface area contributed by atoms with Crippen molar-refractivity contribution in [3.63, 3.8) is 0 Å². The highest BCUT2D eigenvalue weighted by atomic mass is 32.2. The first-order chi connectivity index (χ1) is 9.44. The number of hydrogen-bond donors (Lipinski definition) is 1. The smallest absolute Gasteiger partial charge is 0.337 e. The van der Waals surface area contributed by atoms with Gasteiger partial charge < -0.3 is 4.74 Å². The van der Waals surface area contributed by atoms with Crippen LogP contribution in [0, 0.1) is 5.82 Å². The number of halogens is 1. The SMILES string of the molecule is COC(=O)c1ccc(F)c(NS(=O)(=O)c2cccs2)c1. The minimum absolute atomic E-state index is 0.0535. The van der Waals surface area contributed by atoms with Gasteiger partial charge in [0.25, 0.3) is 10.0 Å². The van der Waals surface area contributed by atoms with E-state index in [0.29, 0.717) is 0 Å². The highest BCUT2D eigenvalue weighted by Crippen LogP contribution is 2.23. The standard InChI is InChI=1S/C12H10FNO4S2/c1-18-12(15)8-4-5-9(13)10(7-8)14-20(16,17)11-3-2-6-19-11/h2-7,14H,1H3. The van der Waals surface area contributed by atoms with E-state index in [4.69, 9.17) is 0 Å². The van der Waals surface area contributed by atoms with Crippen LogP contribution in [0.1, 0.15) is 10.4 Å². The number of esters is 1. The van der Waals surface area contributed by atoms with Crippen molar-refractivity contribution in [1.29, 1.82) is 0 Å². The molecule has 1 aromatic heterocycles. The Morgan fingerprint density at radius 1 is 1.35 bits per heavy atom. The van der Waals surface area contributed by atoms with Crippen LogP contribution in [0.2, 0.25) is 0 Å². The van der Waals surface area contributed by atoms with E-state index < -0.39 is 21.8 Å². The van der Waals surface area contributed by atoms with Crippen molar-refractivity contribution in [2.45, 2.75) is 4.21 Å². The molecule has 0 saturated carbocycles. The molecule has 0 aliphatic heterocycles. The zero-order chi connectivity index (χ0) is 14.8. The van der Waals surface area contributed by atoms with Gasteiger partial charge in [-0.2, -0.15) is 0 Å². The number of hydrogen-bond acceptors (Lipinski definition) is 5. The number of anilines is 1. The maximum Gasteiger partial charge on any atom is 0.337 e. The maximum absolute atomic E-state index is 13.6.